The third-order valence-corrected chi connectivity index (χ3v) is 2.35. The van der Waals surface area contributed by atoms with Crippen LogP contribution in [0.25, 0.3) is 0 Å². The van der Waals surface area contributed by atoms with Gasteiger partial charge >= 0.3 is 12.3 Å². The van der Waals surface area contributed by atoms with Crippen LogP contribution in [0.1, 0.15) is 17.3 Å². The Kier molecular flexibility index (Phi) is 5.18. The van der Waals surface area contributed by atoms with Gasteiger partial charge in [-0.1, -0.05) is 0 Å². The van der Waals surface area contributed by atoms with Gasteiger partial charge in [0.1, 0.15) is 5.75 Å². The molecule has 0 aliphatic rings. The van der Waals surface area contributed by atoms with E-state index in [1.165, 1.54) is 18.2 Å². The van der Waals surface area contributed by atoms with Crippen molar-refractivity contribution in [2.45, 2.75) is 19.3 Å². The Bertz CT molecular complexity index is 481. The van der Waals surface area contributed by atoms with E-state index in [0.717, 1.165) is 0 Å². The van der Waals surface area contributed by atoms with Crippen molar-refractivity contribution in [3.8, 4) is 5.75 Å². The maximum atomic E-state index is 12.7. The van der Waals surface area contributed by atoms with Crippen LogP contribution in [0.3, 0.4) is 0 Å². The average Bonchev–Trinajstić information content (AvgIpc) is 2.37. The fraction of sp³-hybridized carbons (Fsp3) is 0.417. The summed E-state index contributed by atoms with van der Waals surface area (Å²) < 4.78 is 53.9. The highest BCUT2D eigenvalue weighted by atomic mass is 19.3. The molecule has 0 fully saturated rings. The number of hydrogen-bond acceptors (Lipinski definition) is 3. The number of nitrogen functional groups attached to an aromatic ring is 1. The molecule has 1 amide bonds. The molecule has 0 bridgehead atoms. The lowest BCUT2D eigenvalue weighted by molar-refractivity contribution is -0.148. The van der Waals surface area contributed by atoms with Crippen molar-refractivity contribution in [1.29, 1.82) is 0 Å². The summed E-state index contributed by atoms with van der Waals surface area (Å²) in [7, 11) is 0. The topological polar surface area (TPSA) is 64.3 Å². The van der Waals surface area contributed by atoms with Gasteiger partial charge < -0.3 is 15.8 Å². The summed E-state index contributed by atoms with van der Waals surface area (Å²) in [5.74, 6) is -4.83. The summed E-state index contributed by atoms with van der Waals surface area (Å²) in [6.45, 7) is 0.651. The molecule has 0 saturated carbocycles. The lowest BCUT2D eigenvalue weighted by Crippen LogP contribution is -2.33. The number of carbonyl (C=O) groups excluding carboxylic acids is 1. The molecule has 3 N–H and O–H groups in total. The van der Waals surface area contributed by atoms with Gasteiger partial charge in [0.2, 0.25) is 0 Å². The lowest BCUT2D eigenvalue weighted by atomic mass is 10.1. The van der Waals surface area contributed by atoms with Crippen LogP contribution >= 0.6 is 0 Å². The third-order valence-electron chi connectivity index (χ3n) is 2.35. The summed E-state index contributed by atoms with van der Waals surface area (Å²) in [6.07, 6.45) is -3.82. The first-order chi connectivity index (χ1) is 9.27. The molecule has 0 atom stereocenters. The van der Waals surface area contributed by atoms with Crippen LogP contribution in [-0.4, -0.2) is 31.4 Å². The van der Waals surface area contributed by atoms with Crippen LogP contribution in [0.4, 0.5) is 23.2 Å². The van der Waals surface area contributed by atoms with E-state index in [2.05, 4.69) is 10.1 Å². The van der Waals surface area contributed by atoms with Crippen LogP contribution in [-0.2, 0) is 0 Å². The van der Waals surface area contributed by atoms with Gasteiger partial charge in [-0.2, -0.15) is 8.78 Å². The molecular weight excluding hydrogens is 280 g/mol. The number of anilines is 1. The van der Waals surface area contributed by atoms with E-state index in [4.69, 9.17) is 5.73 Å². The van der Waals surface area contributed by atoms with Crippen molar-refractivity contribution in [2.24, 2.45) is 0 Å². The van der Waals surface area contributed by atoms with Crippen LogP contribution < -0.4 is 15.8 Å². The molecule has 0 saturated heterocycles. The Labute approximate surface area is 112 Å². The number of hydrogen-bond donors (Lipinski definition) is 2. The van der Waals surface area contributed by atoms with E-state index >= 15 is 0 Å². The minimum atomic E-state index is -4.26. The van der Waals surface area contributed by atoms with Gasteiger partial charge in [0.05, 0.1) is 5.69 Å². The summed E-state index contributed by atoms with van der Waals surface area (Å²) in [5, 5.41) is 2.53. The zero-order chi connectivity index (χ0) is 15.3. The van der Waals surface area contributed by atoms with E-state index in [9.17, 15) is 22.4 Å². The fourth-order valence-corrected chi connectivity index (χ4v) is 1.32. The summed E-state index contributed by atoms with van der Waals surface area (Å²) in [6, 6.07) is 3.71. The summed E-state index contributed by atoms with van der Waals surface area (Å²) in [5.41, 5.74) is 5.66. The molecule has 1 aromatic carbocycles. The Morgan fingerprint density at radius 2 is 2.10 bits per heavy atom. The van der Waals surface area contributed by atoms with Crippen molar-refractivity contribution >= 4 is 11.6 Å². The van der Waals surface area contributed by atoms with Gasteiger partial charge in [0.15, 0.2) is 6.61 Å². The monoisotopic (exact) mass is 294 g/mol. The van der Waals surface area contributed by atoms with Crippen molar-refractivity contribution in [3.63, 3.8) is 0 Å². The average molecular weight is 294 g/mol. The number of rotatable bonds is 6. The second-order valence-electron chi connectivity index (χ2n) is 3.96. The highest BCUT2D eigenvalue weighted by Gasteiger charge is 2.41. The first-order valence-corrected chi connectivity index (χ1v) is 5.74. The van der Waals surface area contributed by atoms with Gasteiger partial charge in [-0.05, 0) is 25.1 Å². The van der Waals surface area contributed by atoms with Gasteiger partial charge in [0, 0.05) is 12.1 Å². The molecule has 4 nitrogen and oxygen atoms in total. The third kappa shape index (κ3) is 4.01. The molecule has 0 aliphatic heterocycles. The largest absolute Gasteiger partial charge is 0.485 e. The lowest BCUT2D eigenvalue weighted by Gasteiger charge is -2.17. The maximum absolute atomic E-state index is 12.7. The normalized spacial score (nSPS) is 11.5. The summed E-state index contributed by atoms with van der Waals surface area (Å²) in [4.78, 5) is 11.5. The molecule has 0 unspecified atom stereocenters. The number of nitrogens with one attached hydrogen (secondary N) is 1. The highest BCUT2D eigenvalue weighted by Crippen LogP contribution is 2.27. The second kappa shape index (κ2) is 6.44. The molecule has 0 spiro atoms. The number of benzene rings is 1. The molecule has 8 heteroatoms. The van der Waals surface area contributed by atoms with Crippen LogP contribution in [0.2, 0.25) is 0 Å². The van der Waals surface area contributed by atoms with E-state index in [1.54, 1.807) is 6.92 Å². The zero-order valence-corrected chi connectivity index (χ0v) is 10.6. The fourth-order valence-electron chi connectivity index (χ4n) is 1.32. The Morgan fingerprint density at radius 1 is 1.45 bits per heavy atom. The number of alkyl halides is 4. The van der Waals surface area contributed by atoms with E-state index in [1.807, 2.05) is 0 Å². The Balaban J connectivity index is 2.77. The molecule has 1 aromatic rings. The molecule has 0 heterocycles. The van der Waals surface area contributed by atoms with Gasteiger partial charge in [0.25, 0.3) is 5.91 Å². The van der Waals surface area contributed by atoms with Gasteiger partial charge in [-0.3, -0.25) is 4.79 Å². The number of nitrogens with two attached hydrogens (primary N) is 1. The standard InChI is InChI=1S/C12H14F4N2O2/c1-2-18-10(19)7-3-4-9(8(17)5-7)20-6-12(15,16)11(13)14/h3-5,11H,2,6,17H2,1H3,(H,18,19). The number of carbonyl (C=O) groups is 1. The maximum Gasteiger partial charge on any atom is 0.340 e. The molecule has 1 rings (SSSR count). The first-order valence-electron chi connectivity index (χ1n) is 5.74. The molecule has 112 valence electrons. The van der Waals surface area contributed by atoms with Crippen LogP contribution in [0, 0.1) is 0 Å². The van der Waals surface area contributed by atoms with Gasteiger partial charge in [-0.15, -0.1) is 0 Å². The first kappa shape index (κ1) is 16.1. The molecule has 0 radical (unpaired) electrons. The second-order valence-corrected chi connectivity index (χ2v) is 3.96. The zero-order valence-electron chi connectivity index (χ0n) is 10.6. The highest BCUT2D eigenvalue weighted by molar-refractivity contribution is 5.95. The SMILES string of the molecule is CCNC(=O)c1ccc(OCC(F)(F)C(F)F)c(N)c1. The van der Waals surface area contributed by atoms with Crippen molar-refractivity contribution in [1.82, 2.24) is 5.32 Å². The van der Waals surface area contributed by atoms with E-state index in [-0.39, 0.29) is 22.9 Å². The van der Waals surface area contributed by atoms with Crippen molar-refractivity contribution < 1.29 is 27.1 Å². The van der Waals surface area contributed by atoms with Crippen molar-refractivity contribution in [3.05, 3.63) is 23.8 Å². The predicted octanol–water partition coefficient (Wildman–Crippen LogP) is 2.30. The minimum absolute atomic E-state index is 0.0844. The minimum Gasteiger partial charge on any atom is -0.485 e. The van der Waals surface area contributed by atoms with Crippen molar-refractivity contribution in [2.75, 3.05) is 18.9 Å². The van der Waals surface area contributed by atoms with E-state index < -0.39 is 19.0 Å². The predicted molar refractivity (Wildman–Crippen MR) is 65.3 cm³/mol. The molecule has 0 aliphatic carbocycles. The quantitative estimate of drug-likeness (QED) is 0.625. The number of ether oxygens (including phenoxy) is 1. The number of halogens is 4. The number of amides is 1. The molecular formula is C12H14F4N2O2. The molecule has 0 aromatic heterocycles. The van der Waals surface area contributed by atoms with Gasteiger partial charge in [-0.25, -0.2) is 8.78 Å². The molecule has 20 heavy (non-hydrogen) atoms. The smallest absolute Gasteiger partial charge is 0.340 e. The summed E-state index contributed by atoms with van der Waals surface area (Å²) >= 11 is 0. The Morgan fingerprint density at radius 3 is 2.60 bits per heavy atom. The van der Waals surface area contributed by atoms with Crippen LogP contribution in [0.15, 0.2) is 18.2 Å². The Hall–Kier alpha value is -1.99. The van der Waals surface area contributed by atoms with Crippen LogP contribution in [0.5, 0.6) is 5.75 Å². The van der Waals surface area contributed by atoms with E-state index in [0.29, 0.717) is 6.54 Å².